The lowest BCUT2D eigenvalue weighted by Gasteiger charge is -2.34. The number of carbonyl (C=O) groups excluding carboxylic acids is 2. The molecule has 2 fully saturated rings. The fourth-order valence-corrected chi connectivity index (χ4v) is 5.21. The van der Waals surface area contributed by atoms with Gasteiger partial charge in [-0.1, -0.05) is 25.0 Å². The predicted molar refractivity (Wildman–Crippen MR) is 144 cm³/mol. The van der Waals surface area contributed by atoms with Gasteiger partial charge in [-0.3, -0.25) is 14.4 Å². The number of para-hydroxylation sites is 1. The van der Waals surface area contributed by atoms with Crippen LogP contribution >= 0.6 is 0 Å². The minimum atomic E-state index is -0.265. The molecule has 0 atom stereocenters. The summed E-state index contributed by atoms with van der Waals surface area (Å²) in [5.74, 6) is 0.398. The number of pyridine rings is 1. The lowest BCUT2D eigenvalue weighted by Crippen LogP contribution is -2.52. The molecule has 3 aromatic rings. The number of fused-ring (bicyclic) bond motifs is 1. The molecule has 3 heterocycles. The van der Waals surface area contributed by atoms with E-state index in [9.17, 15) is 14.4 Å². The van der Waals surface area contributed by atoms with Crippen LogP contribution in [0.2, 0.25) is 0 Å². The Morgan fingerprint density at radius 2 is 1.65 bits per heavy atom. The predicted octanol–water partition coefficient (Wildman–Crippen LogP) is 3.66. The van der Waals surface area contributed by atoms with Crippen molar-refractivity contribution in [2.24, 2.45) is 0 Å². The topological polar surface area (TPSA) is 85.9 Å². The maximum absolute atomic E-state index is 13.2. The fraction of sp³-hybridized carbons (Fsp3) is 0.414. The van der Waals surface area contributed by atoms with E-state index in [2.05, 4.69) is 9.88 Å². The van der Waals surface area contributed by atoms with Crippen LogP contribution in [0.25, 0.3) is 10.9 Å². The average Bonchev–Trinajstić information content (AvgIpc) is 3.20. The average molecular weight is 503 g/mol. The highest BCUT2D eigenvalue weighted by molar-refractivity contribution is 6.07. The van der Waals surface area contributed by atoms with Gasteiger partial charge in [0.2, 0.25) is 11.5 Å². The number of hydrogen-bond acceptors (Lipinski definition) is 5. The van der Waals surface area contributed by atoms with Gasteiger partial charge in [-0.25, -0.2) is 0 Å². The largest absolute Gasteiger partial charge is 0.494 e. The minimum absolute atomic E-state index is 0.0129. The van der Waals surface area contributed by atoms with Crippen LogP contribution in [0.1, 0.15) is 42.5 Å². The van der Waals surface area contributed by atoms with Crippen molar-refractivity contribution < 1.29 is 14.3 Å². The van der Waals surface area contributed by atoms with E-state index in [1.165, 1.54) is 44.8 Å². The van der Waals surface area contributed by atoms with E-state index in [-0.39, 0.29) is 23.9 Å². The molecule has 194 valence electrons. The molecule has 0 radical (unpaired) electrons. The van der Waals surface area contributed by atoms with Gasteiger partial charge in [0.05, 0.1) is 17.7 Å². The molecule has 0 aliphatic carbocycles. The number of hydrogen-bond donors (Lipinski definition) is 1. The summed E-state index contributed by atoms with van der Waals surface area (Å²) in [5.41, 5.74) is 1.42. The lowest BCUT2D eigenvalue weighted by atomic mass is 10.1. The molecule has 1 aromatic heterocycles. The van der Waals surface area contributed by atoms with E-state index in [4.69, 9.17) is 4.74 Å². The number of aromatic amines is 1. The number of nitrogens with one attached hydrogen (secondary N) is 1. The number of nitrogens with zero attached hydrogens (tertiary/aromatic N) is 3. The molecule has 2 aliphatic rings. The Labute approximate surface area is 216 Å². The maximum Gasteiger partial charge on any atom is 0.256 e. The highest BCUT2D eigenvalue weighted by atomic mass is 16.5. The first-order valence-electron chi connectivity index (χ1n) is 13.3. The Hall–Kier alpha value is -3.65. The summed E-state index contributed by atoms with van der Waals surface area (Å²) in [7, 11) is 0. The van der Waals surface area contributed by atoms with Crippen molar-refractivity contribution in [3.63, 3.8) is 0 Å². The molecule has 0 unspecified atom stereocenters. The molecule has 0 saturated carbocycles. The normalized spacial score (nSPS) is 17.1. The number of aromatic nitrogens is 1. The summed E-state index contributed by atoms with van der Waals surface area (Å²) in [4.78, 5) is 46.5. The Bertz CT molecular complexity index is 1300. The van der Waals surface area contributed by atoms with Crippen LogP contribution in [0, 0.1) is 0 Å². The highest BCUT2D eigenvalue weighted by Crippen LogP contribution is 2.23. The molecule has 0 bridgehead atoms. The Morgan fingerprint density at radius 1 is 0.865 bits per heavy atom. The summed E-state index contributed by atoms with van der Waals surface area (Å²) in [6, 6.07) is 16.0. The second-order valence-corrected chi connectivity index (χ2v) is 9.82. The van der Waals surface area contributed by atoms with Gasteiger partial charge in [0.1, 0.15) is 12.3 Å². The molecule has 37 heavy (non-hydrogen) atoms. The molecular formula is C29H34N4O4. The first-order chi connectivity index (χ1) is 18.1. The third kappa shape index (κ3) is 6.02. The molecule has 8 nitrogen and oxygen atoms in total. The van der Waals surface area contributed by atoms with Crippen LogP contribution in [0.15, 0.2) is 59.4 Å². The van der Waals surface area contributed by atoms with Crippen molar-refractivity contribution in [2.75, 3.05) is 50.8 Å². The van der Waals surface area contributed by atoms with Gasteiger partial charge in [-0.2, -0.15) is 0 Å². The number of carbonyl (C=O) groups is 2. The number of piperazine rings is 1. The number of likely N-dealkylation sites (tertiary alicyclic amines) is 1. The van der Waals surface area contributed by atoms with Crippen molar-refractivity contribution >= 4 is 28.4 Å². The molecule has 2 saturated heterocycles. The van der Waals surface area contributed by atoms with Gasteiger partial charge >= 0.3 is 0 Å². The van der Waals surface area contributed by atoms with Crippen molar-refractivity contribution in [3.8, 4) is 5.75 Å². The molecule has 2 aliphatic heterocycles. The van der Waals surface area contributed by atoms with Crippen LogP contribution in [0.3, 0.4) is 0 Å². The van der Waals surface area contributed by atoms with E-state index in [1.807, 2.05) is 30.3 Å². The monoisotopic (exact) mass is 502 g/mol. The van der Waals surface area contributed by atoms with Gasteiger partial charge < -0.3 is 24.4 Å². The summed E-state index contributed by atoms with van der Waals surface area (Å²) in [5, 5.41) is 0.777. The number of ether oxygens (including phenoxy) is 1. The van der Waals surface area contributed by atoms with Crippen molar-refractivity contribution in [1.82, 2.24) is 14.8 Å². The third-order valence-corrected chi connectivity index (χ3v) is 7.23. The van der Waals surface area contributed by atoms with Gasteiger partial charge in [0.25, 0.3) is 5.91 Å². The summed E-state index contributed by atoms with van der Waals surface area (Å²) < 4.78 is 5.93. The second kappa shape index (κ2) is 11.6. The number of benzene rings is 2. The zero-order chi connectivity index (χ0) is 25.6. The molecular weight excluding hydrogens is 468 g/mol. The number of H-pyrrole nitrogens is 1. The third-order valence-electron chi connectivity index (χ3n) is 7.23. The Kier molecular flexibility index (Phi) is 7.84. The maximum atomic E-state index is 13.2. The van der Waals surface area contributed by atoms with Crippen LogP contribution < -0.4 is 15.2 Å². The fourth-order valence-electron chi connectivity index (χ4n) is 5.21. The van der Waals surface area contributed by atoms with Gasteiger partial charge in [0.15, 0.2) is 0 Å². The quantitative estimate of drug-likeness (QED) is 0.499. The summed E-state index contributed by atoms with van der Waals surface area (Å²) in [6.45, 7) is 4.95. The van der Waals surface area contributed by atoms with Crippen LogP contribution in [-0.4, -0.2) is 72.5 Å². The van der Waals surface area contributed by atoms with Crippen molar-refractivity contribution in [2.45, 2.75) is 32.1 Å². The first-order valence-corrected chi connectivity index (χ1v) is 13.3. The highest BCUT2D eigenvalue weighted by Gasteiger charge is 2.29. The van der Waals surface area contributed by atoms with Crippen LogP contribution in [-0.2, 0) is 4.79 Å². The van der Waals surface area contributed by atoms with Gasteiger partial charge in [-0.05, 0) is 74.1 Å². The number of anilines is 1. The smallest absolute Gasteiger partial charge is 0.256 e. The molecule has 1 N–H and O–H groups in total. The number of rotatable bonds is 7. The van der Waals surface area contributed by atoms with Gasteiger partial charge in [0, 0.05) is 31.4 Å². The SMILES string of the molecule is O=C(c1cccc2ccc(=O)[nH]c12)N1CCN(c2ccc(OCCCN3CCCCCC3)cc2)C(=O)C1. The lowest BCUT2D eigenvalue weighted by molar-refractivity contribution is -0.120. The molecule has 0 spiro atoms. The number of amides is 2. The van der Waals surface area contributed by atoms with E-state index in [0.29, 0.717) is 30.8 Å². The molecule has 2 aromatic carbocycles. The Morgan fingerprint density at radius 3 is 2.41 bits per heavy atom. The van der Waals surface area contributed by atoms with Crippen LogP contribution in [0.5, 0.6) is 5.75 Å². The van der Waals surface area contributed by atoms with Crippen molar-refractivity contribution in [3.05, 3.63) is 70.5 Å². The first kappa shape index (κ1) is 25.0. The zero-order valence-electron chi connectivity index (χ0n) is 21.2. The van der Waals surface area contributed by atoms with E-state index in [1.54, 1.807) is 28.0 Å². The molecule has 5 rings (SSSR count). The van der Waals surface area contributed by atoms with E-state index in [0.717, 1.165) is 29.8 Å². The van der Waals surface area contributed by atoms with Crippen molar-refractivity contribution in [1.29, 1.82) is 0 Å². The van der Waals surface area contributed by atoms with E-state index < -0.39 is 0 Å². The Balaban J connectivity index is 1.14. The van der Waals surface area contributed by atoms with Gasteiger partial charge in [-0.15, -0.1) is 0 Å². The summed E-state index contributed by atoms with van der Waals surface area (Å²) >= 11 is 0. The molecule has 2 amide bonds. The van der Waals surface area contributed by atoms with Crippen LogP contribution in [0.4, 0.5) is 5.69 Å². The van der Waals surface area contributed by atoms with E-state index >= 15 is 0 Å². The standard InChI is InChI=1S/C29H34N4O4/c34-26-14-9-22-7-5-8-25(28(22)30-26)29(36)32-18-19-33(27(35)21-32)23-10-12-24(13-11-23)37-20-6-17-31-15-3-1-2-4-16-31/h5,7-14H,1-4,6,15-21H2,(H,30,34). The summed E-state index contributed by atoms with van der Waals surface area (Å²) in [6.07, 6.45) is 6.29. The minimum Gasteiger partial charge on any atom is -0.494 e. The molecule has 8 heteroatoms. The second-order valence-electron chi connectivity index (χ2n) is 9.82. The zero-order valence-corrected chi connectivity index (χ0v) is 21.2.